The Labute approximate surface area is 109 Å². The van der Waals surface area contributed by atoms with Gasteiger partial charge in [-0.05, 0) is 25.5 Å². The Balaban J connectivity index is 2.07. The Bertz CT molecular complexity index is 386. The monoisotopic (exact) mass is 250 g/mol. The fourth-order valence-electron chi connectivity index (χ4n) is 2.89. The van der Waals surface area contributed by atoms with Gasteiger partial charge in [0, 0.05) is 18.2 Å². The highest BCUT2D eigenvalue weighted by Crippen LogP contribution is 2.25. The number of halogens is 1. The minimum Gasteiger partial charge on any atom is -0.396 e. The van der Waals surface area contributed by atoms with Crippen LogP contribution in [-0.4, -0.2) is 17.5 Å². The summed E-state index contributed by atoms with van der Waals surface area (Å²) in [6.07, 6.45) is 6.46. The number of hydrogen-bond donors (Lipinski definition) is 1. The molecule has 3 heteroatoms. The van der Waals surface area contributed by atoms with Crippen LogP contribution in [0, 0.1) is 5.82 Å². The highest BCUT2D eigenvalue weighted by molar-refractivity contribution is 5.42. The van der Waals surface area contributed by atoms with E-state index in [4.69, 9.17) is 5.73 Å². The van der Waals surface area contributed by atoms with Crippen molar-refractivity contribution in [1.29, 1.82) is 0 Å². The van der Waals surface area contributed by atoms with E-state index in [0.29, 0.717) is 12.6 Å². The van der Waals surface area contributed by atoms with Crippen molar-refractivity contribution in [3.63, 3.8) is 0 Å². The molecule has 100 valence electrons. The van der Waals surface area contributed by atoms with Crippen LogP contribution in [0.3, 0.4) is 0 Å². The fraction of sp³-hybridized carbons (Fsp3) is 0.600. The summed E-state index contributed by atoms with van der Waals surface area (Å²) >= 11 is 0. The second kappa shape index (κ2) is 6.19. The molecule has 0 heterocycles. The van der Waals surface area contributed by atoms with Gasteiger partial charge in [0.25, 0.3) is 0 Å². The van der Waals surface area contributed by atoms with Gasteiger partial charge < -0.3 is 5.73 Å². The van der Waals surface area contributed by atoms with Crippen molar-refractivity contribution >= 4 is 5.69 Å². The first-order chi connectivity index (χ1) is 8.72. The maximum Gasteiger partial charge on any atom is 0.150 e. The van der Waals surface area contributed by atoms with Crippen LogP contribution in [-0.2, 0) is 6.54 Å². The molecule has 0 aromatic heterocycles. The SMILES string of the molecule is CCN(Cc1cccc(N)c1F)C1CCCCC1. The van der Waals surface area contributed by atoms with Crippen molar-refractivity contribution in [2.24, 2.45) is 0 Å². The topological polar surface area (TPSA) is 29.3 Å². The molecule has 2 rings (SSSR count). The highest BCUT2D eigenvalue weighted by Gasteiger charge is 2.21. The van der Waals surface area contributed by atoms with Gasteiger partial charge in [0.2, 0.25) is 0 Å². The molecule has 1 saturated carbocycles. The third kappa shape index (κ3) is 3.02. The van der Waals surface area contributed by atoms with E-state index >= 15 is 0 Å². The van der Waals surface area contributed by atoms with Gasteiger partial charge >= 0.3 is 0 Å². The molecular weight excluding hydrogens is 227 g/mol. The van der Waals surface area contributed by atoms with E-state index in [1.165, 1.54) is 32.1 Å². The molecular formula is C15H23FN2. The van der Waals surface area contributed by atoms with Gasteiger partial charge in [0.05, 0.1) is 5.69 Å². The van der Waals surface area contributed by atoms with Gasteiger partial charge in [-0.3, -0.25) is 4.90 Å². The molecule has 18 heavy (non-hydrogen) atoms. The van der Waals surface area contributed by atoms with E-state index in [2.05, 4.69) is 11.8 Å². The molecule has 0 aliphatic heterocycles. The zero-order valence-electron chi connectivity index (χ0n) is 11.2. The summed E-state index contributed by atoms with van der Waals surface area (Å²) in [5.41, 5.74) is 6.60. The Hall–Kier alpha value is -1.09. The summed E-state index contributed by atoms with van der Waals surface area (Å²) in [5.74, 6) is -0.244. The lowest BCUT2D eigenvalue weighted by molar-refractivity contribution is 0.154. The summed E-state index contributed by atoms with van der Waals surface area (Å²) in [4.78, 5) is 2.39. The zero-order valence-corrected chi connectivity index (χ0v) is 11.2. The molecule has 2 nitrogen and oxygen atoms in total. The molecule has 1 aliphatic carbocycles. The smallest absolute Gasteiger partial charge is 0.150 e. The minimum atomic E-state index is -0.244. The average Bonchev–Trinajstić information content (AvgIpc) is 2.41. The molecule has 0 bridgehead atoms. The Morgan fingerprint density at radius 1 is 1.28 bits per heavy atom. The Kier molecular flexibility index (Phi) is 4.59. The fourth-order valence-corrected chi connectivity index (χ4v) is 2.89. The van der Waals surface area contributed by atoms with Gasteiger partial charge in [-0.25, -0.2) is 4.39 Å². The van der Waals surface area contributed by atoms with E-state index in [9.17, 15) is 4.39 Å². The van der Waals surface area contributed by atoms with Crippen LogP contribution in [0.4, 0.5) is 10.1 Å². The van der Waals surface area contributed by atoms with Gasteiger partial charge in [-0.1, -0.05) is 38.3 Å². The van der Waals surface area contributed by atoms with Gasteiger partial charge in [0.15, 0.2) is 5.82 Å². The molecule has 0 saturated heterocycles. The maximum absolute atomic E-state index is 13.9. The summed E-state index contributed by atoms with van der Waals surface area (Å²) in [5, 5.41) is 0. The molecule has 1 fully saturated rings. The van der Waals surface area contributed by atoms with Crippen molar-refractivity contribution in [1.82, 2.24) is 4.90 Å². The Morgan fingerprint density at radius 3 is 2.67 bits per heavy atom. The standard InChI is InChI=1S/C15H23FN2/c1-2-18(13-8-4-3-5-9-13)11-12-7-6-10-14(17)15(12)16/h6-7,10,13H,2-5,8-9,11,17H2,1H3. The number of anilines is 1. The third-order valence-electron chi connectivity index (χ3n) is 3.98. The predicted molar refractivity (Wildman–Crippen MR) is 73.8 cm³/mol. The quantitative estimate of drug-likeness (QED) is 0.828. The van der Waals surface area contributed by atoms with Gasteiger partial charge in [-0.15, -0.1) is 0 Å². The Morgan fingerprint density at radius 2 is 2.00 bits per heavy atom. The summed E-state index contributed by atoms with van der Waals surface area (Å²) in [6, 6.07) is 5.92. The van der Waals surface area contributed by atoms with E-state index in [-0.39, 0.29) is 11.5 Å². The van der Waals surface area contributed by atoms with Crippen LogP contribution >= 0.6 is 0 Å². The summed E-state index contributed by atoms with van der Waals surface area (Å²) in [7, 11) is 0. The summed E-state index contributed by atoms with van der Waals surface area (Å²) < 4.78 is 13.9. The molecule has 1 aliphatic rings. The van der Waals surface area contributed by atoms with Crippen molar-refractivity contribution < 1.29 is 4.39 Å². The minimum absolute atomic E-state index is 0.244. The van der Waals surface area contributed by atoms with Crippen molar-refractivity contribution in [3.8, 4) is 0 Å². The lowest BCUT2D eigenvalue weighted by Crippen LogP contribution is -2.36. The third-order valence-corrected chi connectivity index (χ3v) is 3.98. The molecule has 1 aromatic carbocycles. The van der Waals surface area contributed by atoms with Crippen LogP contribution in [0.2, 0.25) is 0 Å². The zero-order chi connectivity index (χ0) is 13.0. The number of rotatable bonds is 4. The lowest BCUT2D eigenvalue weighted by Gasteiger charge is -2.33. The molecule has 1 aromatic rings. The first-order valence-electron chi connectivity index (χ1n) is 6.99. The van der Waals surface area contributed by atoms with Crippen molar-refractivity contribution in [2.75, 3.05) is 12.3 Å². The number of hydrogen-bond acceptors (Lipinski definition) is 2. The van der Waals surface area contributed by atoms with Crippen LogP contribution in [0.25, 0.3) is 0 Å². The maximum atomic E-state index is 13.9. The molecule has 0 amide bonds. The van der Waals surface area contributed by atoms with Crippen molar-refractivity contribution in [3.05, 3.63) is 29.6 Å². The van der Waals surface area contributed by atoms with E-state index in [1.807, 2.05) is 12.1 Å². The predicted octanol–water partition coefficient (Wildman–Crippen LogP) is 3.56. The molecule has 2 N–H and O–H groups in total. The number of benzene rings is 1. The summed E-state index contributed by atoms with van der Waals surface area (Å²) in [6.45, 7) is 3.80. The molecule has 0 atom stereocenters. The second-order valence-electron chi connectivity index (χ2n) is 5.18. The van der Waals surface area contributed by atoms with E-state index in [0.717, 1.165) is 12.1 Å². The van der Waals surface area contributed by atoms with E-state index in [1.54, 1.807) is 6.07 Å². The number of nitrogens with two attached hydrogens (primary N) is 1. The lowest BCUT2D eigenvalue weighted by atomic mass is 9.94. The van der Waals surface area contributed by atoms with Gasteiger partial charge in [0.1, 0.15) is 0 Å². The first-order valence-corrected chi connectivity index (χ1v) is 6.99. The second-order valence-corrected chi connectivity index (χ2v) is 5.18. The number of nitrogen functional groups attached to an aromatic ring is 1. The van der Waals surface area contributed by atoms with Crippen LogP contribution in [0.5, 0.6) is 0 Å². The first kappa shape index (κ1) is 13.3. The van der Waals surface area contributed by atoms with Crippen LogP contribution < -0.4 is 5.73 Å². The van der Waals surface area contributed by atoms with E-state index < -0.39 is 0 Å². The average molecular weight is 250 g/mol. The highest BCUT2D eigenvalue weighted by atomic mass is 19.1. The van der Waals surface area contributed by atoms with Crippen LogP contribution in [0.15, 0.2) is 18.2 Å². The van der Waals surface area contributed by atoms with Crippen molar-refractivity contribution in [2.45, 2.75) is 51.6 Å². The molecule has 0 unspecified atom stereocenters. The van der Waals surface area contributed by atoms with Crippen LogP contribution in [0.1, 0.15) is 44.6 Å². The molecule has 0 radical (unpaired) electrons. The largest absolute Gasteiger partial charge is 0.396 e. The number of nitrogens with zero attached hydrogens (tertiary/aromatic N) is 1. The molecule has 0 spiro atoms. The van der Waals surface area contributed by atoms with Gasteiger partial charge in [-0.2, -0.15) is 0 Å². The normalized spacial score (nSPS) is 17.3.